The van der Waals surface area contributed by atoms with Gasteiger partial charge in [-0.15, -0.1) is 11.8 Å². The monoisotopic (exact) mass is 486 g/mol. The number of carbonyl (C=O) groups excluding carboxylic acids is 1. The van der Waals surface area contributed by atoms with Crippen LogP contribution in [-0.4, -0.2) is 115 Å². The number of likely N-dealkylation sites (tertiary alicyclic amines) is 1. The van der Waals surface area contributed by atoms with Crippen LogP contribution in [0.3, 0.4) is 0 Å². The number of β-lactam (4-membered cyclic amide) rings is 1. The van der Waals surface area contributed by atoms with E-state index < -0.39 is 27.7 Å². The Kier molecular flexibility index (Phi) is 6.70. The van der Waals surface area contributed by atoms with Crippen molar-refractivity contribution in [3.05, 3.63) is 10.6 Å². The summed E-state index contributed by atoms with van der Waals surface area (Å²) in [5, 5.41) is 23.5. The number of thioether (sulfide) groups is 1. The minimum absolute atomic E-state index is 0.0956. The van der Waals surface area contributed by atoms with Crippen LogP contribution in [0.25, 0.3) is 0 Å². The molecule has 180 valence electrons. The maximum Gasteiger partial charge on any atom is 0.353 e. The molecule has 3 fully saturated rings. The van der Waals surface area contributed by atoms with E-state index >= 15 is 0 Å². The Labute approximate surface area is 194 Å². The topological polar surface area (TPSA) is 113 Å². The van der Waals surface area contributed by atoms with Gasteiger partial charge in [-0.1, -0.05) is 6.92 Å². The number of piperazine rings is 1. The number of aliphatic hydroxyl groups is 1. The molecule has 0 aromatic rings. The molecule has 32 heavy (non-hydrogen) atoms. The fourth-order valence-electron chi connectivity index (χ4n) is 5.62. The average Bonchev–Trinajstić information content (AvgIpc) is 3.22. The van der Waals surface area contributed by atoms with E-state index in [1.807, 2.05) is 11.2 Å². The molecule has 9 nitrogen and oxygen atoms in total. The Bertz CT molecular complexity index is 921. The van der Waals surface area contributed by atoms with E-state index in [4.69, 9.17) is 0 Å². The van der Waals surface area contributed by atoms with Crippen molar-refractivity contribution in [2.75, 3.05) is 45.5 Å². The van der Waals surface area contributed by atoms with E-state index in [1.54, 1.807) is 24.9 Å². The summed E-state index contributed by atoms with van der Waals surface area (Å²) in [6.07, 6.45) is 1.83. The molecule has 4 aliphatic rings. The highest BCUT2D eigenvalue weighted by Gasteiger charge is 2.60. The first-order valence-electron chi connectivity index (χ1n) is 11.2. The Balaban J connectivity index is 1.43. The lowest BCUT2D eigenvalue weighted by molar-refractivity contribution is -0.163. The number of carboxylic acids is 1. The minimum Gasteiger partial charge on any atom is -0.477 e. The highest BCUT2D eigenvalue weighted by Crippen LogP contribution is 2.51. The number of fused-ring (bicyclic) bond motifs is 1. The number of nitrogens with one attached hydrogen (secondary N) is 1. The van der Waals surface area contributed by atoms with Crippen molar-refractivity contribution < 1.29 is 24.0 Å². The molecule has 4 rings (SSSR count). The van der Waals surface area contributed by atoms with Crippen LogP contribution < -0.4 is 5.32 Å². The van der Waals surface area contributed by atoms with Crippen LogP contribution in [0.2, 0.25) is 0 Å². The average molecular weight is 487 g/mol. The van der Waals surface area contributed by atoms with E-state index in [0.29, 0.717) is 0 Å². The molecular weight excluding hydrogens is 452 g/mol. The van der Waals surface area contributed by atoms with E-state index in [-0.39, 0.29) is 34.9 Å². The lowest BCUT2D eigenvalue weighted by Gasteiger charge is -2.46. The van der Waals surface area contributed by atoms with Crippen molar-refractivity contribution in [3.63, 3.8) is 0 Å². The smallest absolute Gasteiger partial charge is 0.353 e. The standard InChI is InChI=1S/C21H34N4O5S2/c1-12-17-16(13(2)26)20(27)25(17)18(21(28)29)19(12)31-15-5-7-23(11-15)10-14-9-22-6-8-24(14)32(3,4)30/h12-17,22,26H,3,5-11H2,1-2,4H3,(H,28,29)/t12-,13-,14?,15-,16-,17-,32?/m1/s1. The zero-order valence-electron chi connectivity index (χ0n) is 18.9. The van der Waals surface area contributed by atoms with E-state index in [2.05, 4.69) is 16.1 Å². The second-order valence-electron chi connectivity index (χ2n) is 9.52. The number of aliphatic hydroxyl groups excluding tert-OH is 1. The minimum atomic E-state index is -2.27. The summed E-state index contributed by atoms with van der Waals surface area (Å²) in [7, 11) is -2.27. The van der Waals surface area contributed by atoms with Crippen LogP contribution in [-0.2, 0) is 19.3 Å². The van der Waals surface area contributed by atoms with E-state index in [0.717, 1.165) is 50.6 Å². The molecule has 0 aliphatic carbocycles. The summed E-state index contributed by atoms with van der Waals surface area (Å²) in [6, 6.07) is -0.140. The van der Waals surface area contributed by atoms with Gasteiger partial charge in [0.25, 0.3) is 0 Å². The summed E-state index contributed by atoms with van der Waals surface area (Å²) < 4.78 is 14.6. The normalized spacial score (nSPS) is 36.7. The van der Waals surface area contributed by atoms with Crippen LogP contribution in [0.1, 0.15) is 20.3 Å². The lowest BCUT2D eigenvalue weighted by atomic mass is 9.79. The molecule has 0 aromatic carbocycles. The van der Waals surface area contributed by atoms with Crippen LogP contribution in [0.15, 0.2) is 10.6 Å². The van der Waals surface area contributed by atoms with Crippen molar-refractivity contribution in [1.82, 2.24) is 19.4 Å². The Hall–Kier alpha value is -1.11. The molecule has 0 bridgehead atoms. The molecule has 1 amide bonds. The maximum absolute atomic E-state index is 12.6. The van der Waals surface area contributed by atoms with Gasteiger partial charge < -0.3 is 25.3 Å². The number of nitrogens with zero attached hydrogens (tertiary/aromatic N) is 3. The molecule has 3 saturated heterocycles. The van der Waals surface area contributed by atoms with Gasteiger partial charge in [-0.05, 0) is 25.8 Å². The van der Waals surface area contributed by atoms with Crippen molar-refractivity contribution in [2.24, 2.45) is 11.8 Å². The first-order valence-corrected chi connectivity index (χ1v) is 14.1. The van der Waals surface area contributed by atoms with Gasteiger partial charge in [0.2, 0.25) is 5.91 Å². The van der Waals surface area contributed by atoms with Crippen molar-refractivity contribution in [2.45, 2.75) is 43.7 Å². The highest BCUT2D eigenvalue weighted by molar-refractivity contribution is 8.03. The van der Waals surface area contributed by atoms with Gasteiger partial charge in [0.05, 0.1) is 18.1 Å². The summed E-state index contributed by atoms with van der Waals surface area (Å²) in [5.74, 6) is 1.86. The maximum atomic E-state index is 12.6. The number of hydrogen-bond donors (Lipinski definition) is 3. The molecule has 2 unspecified atom stereocenters. The van der Waals surface area contributed by atoms with Crippen molar-refractivity contribution in [3.8, 4) is 0 Å². The lowest BCUT2D eigenvalue weighted by Crippen LogP contribution is -2.63. The van der Waals surface area contributed by atoms with Crippen LogP contribution in [0.4, 0.5) is 0 Å². The number of aliphatic carboxylic acids is 1. The van der Waals surface area contributed by atoms with Gasteiger partial charge in [0.15, 0.2) is 0 Å². The van der Waals surface area contributed by atoms with Gasteiger partial charge in [0.1, 0.15) is 5.70 Å². The molecule has 0 saturated carbocycles. The van der Waals surface area contributed by atoms with E-state index in [9.17, 15) is 24.0 Å². The molecule has 4 heterocycles. The number of carboxylic acid groups (broad SMARTS) is 1. The quantitative estimate of drug-likeness (QED) is 0.326. The second kappa shape index (κ2) is 8.92. The van der Waals surface area contributed by atoms with Gasteiger partial charge in [-0.25, -0.2) is 9.10 Å². The van der Waals surface area contributed by atoms with Crippen LogP contribution in [0, 0.1) is 11.8 Å². The predicted octanol–water partition coefficient (Wildman–Crippen LogP) is -0.517. The number of carbonyl (C=O) groups is 2. The van der Waals surface area contributed by atoms with Gasteiger partial charge >= 0.3 is 5.97 Å². The molecule has 0 spiro atoms. The van der Waals surface area contributed by atoms with Crippen LogP contribution >= 0.6 is 11.8 Å². The molecule has 4 aliphatic heterocycles. The van der Waals surface area contributed by atoms with Crippen LogP contribution in [0.5, 0.6) is 0 Å². The van der Waals surface area contributed by atoms with Gasteiger partial charge in [-0.3, -0.25) is 9.00 Å². The first-order chi connectivity index (χ1) is 15.0. The number of amides is 1. The Morgan fingerprint density at radius 1 is 1.41 bits per heavy atom. The SMILES string of the molecule is C=S(C)(=O)N1CCNCC1CN1CC[C@@H](SC2=C(C(=O)O)N3C(=O)[C@H]([C@@H](C)O)[C@H]3[C@H]2C)C1. The number of rotatable bonds is 7. The third kappa shape index (κ3) is 4.23. The molecule has 7 atom stereocenters. The van der Waals surface area contributed by atoms with E-state index in [1.165, 1.54) is 4.90 Å². The first kappa shape index (κ1) is 24.0. The summed E-state index contributed by atoms with van der Waals surface area (Å²) in [6.45, 7) is 8.37. The third-order valence-corrected chi connectivity index (χ3v) is 10.1. The van der Waals surface area contributed by atoms with Gasteiger partial charge in [0, 0.05) is 70.8 Å². The molecule has 0 radical (unpaired) electrons. The second-order valence-corrected chi connectivity index (χ2v) is 13.2. The fraction of sp³-hybridized carbons (Fsp3) is 0.762. The zero-order chi connectivity index (χ0) is 23.4. The molecule has 11 heteroatoms. The zero-order valence-corrected chi connectivity index (χ0v) is 20.5. The van der Waals surface area contributed by atoms with Gasteiger partial charge in [-0.2, -0.15) is 0 Å². The Morgan fingerprint density at radius 2 is 2.12 bits per heavy atom. The third-order valence-electron chi connectivity index (χ3n) is 7.10. The predicted molar refractivity (Wildman–Crippen MR) is 127 cm³/mol. The molecule has 0 aromatic heterocycles. The molecule has 3 N–H and O–H groups in total. The summed E-state index contributed by atoms with van der Waals surface area (Å²) >= 11 is 1.58. The van der Waals surface area contributed by atoms with Crippen molar-refractivity contribution in [1.29, 1.82) is 0 Å². The fourth-order valence-corrected chi connectivity index (χ4v) is 8.39. The summed E-state index contributed by atoms with van der Waals surface area (Å²) in [4.78, 5) is 29.0. The Morgan fingerprint density at radius 3 is 2.75 bits per heavy atom. The largest absolute Gasteiger partial charge is 0.477 e. The highest BCUT2D eigenvalue weighted by atomic mass is 32.2. The van der Waals surface area contributed by atoms with Crippen molar-refractivity contribution >= 4 is 39.2 Å². The molecular formula is C21H34N4O5S2. The summed E-state index contributed by atoms with van der Waals surface area (Å²) in [5.41, 5.74) is 0.0956. The number of hydrogen-bond acceptors (Lipinski definition) is 7.